The number of benzene rings is 1. The summed E-state index contributed by atoms with van der Waals surface area (Å²) in [6, 6.07) is 8.38. The van der Waals surface area contributed by atoms with Gasteiger partial charge in [-0.15, -0.1) is 0 Å². The number of ether oxygens (including phenoxy) is 2. The van der Waals surface area contributed by atoms with Gasteiger partial charge in [0.1, 0.15) is 12.4 Å². The number of rotatable bonds is 5. The lowest BCUT2D eigenvalue weighted by Crippen LogP contribution is -2.32. The first kappa shape index (κ1) is 12.4. The summed E-state index contributed by atoms with van der Waals surface area (Å²) in [5, 5.41) is 3.56. The fourth-order valence-corrected chi connectivity index (χ4v) is 2.30. The highest BCUT2D eigenvalue weighted by molar-refractivity contribution is 5.32. The monoisotopic (exact) mass is 235 g/mol. The molecule has 0 saturated carbocycles. The van der Waals surface area contributed by atoms with Crippen LogP contribution in [0.15, 0.2) is 24.3 Å². The van der Waals surface area contributed by atoms with Gasteiger partial charge in [-0.3, -0.25) is 0 Å². The van der Waals surface area contributed by atoms with Crippen molar-refractivity contribution in [2.75, 3.05) is 26.9 Å². The average Bonchev–Trinajstić information content (AvgIpc) is 2.79. The van der Waals surface area contributed by atoms with E-state index >= 15 is 0 Å². The van der Waals surface area contributed by atoms with Crippen LogP contribution in [0.5, 0.6) is 5.75 Å². The smallest absolute Gasteiger partial charge is 0.119 e. The summed E-state index contributed by atoms with van der Waals surface area (Å²) < 4.78 is 10.5. The van der Waals surface area contributed by atoms with Gasteiger partial charge >= 0.3 is 0 Å². The van der Waals surface area contributed by atoms with Crippen LogP contribution >= 0.6 is 0 Å². The van der Waals surface area contributed by atoms with Crippen LogP contribution in [0.3, 0.4) is 0 Å². The van der Waals surface area contributed by atoms with Crippen LogP contribution in [0, 0.1) is 0 Å². The van der Waals surface area contributed by atoms with Gasteiger partial charge in [-0.05, 0) is 44.0 Å². The molecule has 17 heavy (non-hydrogen) atoms. The minimum absolute atomic E-state index is 0.144. The van der Waals surface area contributed by atoms with Gasteiger partial charge in [0.2, 0.25) is 0 Å². The molecule has 1 unspecified atom stereocenters. The first-order chi connectivity index (χ1) is 8.24. The Morgan fingerprint density at radius 3 is 2.59 bits per heavy atom. The molecule has 1 aromatic rings. The van der Waals surface area contributed by atoms with E-state index in [0.717, 1.165) is 12.3 Å². The number of hydrogen-bond acceptors (Lipinski definition) is 3. The largest absolute Gasteiger partial charge is 0.491 e. The Kier molecular flexibility index (Phi) is 4.02. The molecule has 3 heteroatoms. The summed E-state index contributed by atoms with van der Waals surface area (Å²) in [5.74, 6) is 0.910. The van der Waals surface area contributed by atoms with E-state index in [9.17, 15) is 0 Å². The van der Waals surface area contributed by atoms with Crippen molar-refractivity contribution in [3.63, 3.8) is 0 Å². The molecular weight excluding hydrogens is 214 g/mol. The van der Waals surface area contributed by atoms with Crippen molar-refractivity contribution < 1.29 is 9.47 Å². The Morgan fingerprint density at radius 2 is 2.00 bits per heavy atom. The number of hydrogen-bond donors (Lipinski definition) is 1. The number of nitrogens with one attached hydrogen (secondary N) is 1. The fourth-order valence-electron chi connectivity index (χ4n) is 2.30. The lowest BCUT2D eigenvalue weighted by molar-refractivity contribution is 0.146. The van der Waals surface area contributed by atoms with Crippen LogP contribution in [0.1, 0.15) is 25.3 Å². The molecule has 1 aliphatic rings. The standard InChI is InChI=1S/C14H21NO2/c1-14(8-3-9-15-14)12-4-6-13(7-5-12)17-11-10-16-2/h4-7,15H,3,8-11H2,1-2H3. The van der Waals surface area contributed by atoms with Gasteiger partial charge in [-0.2, -0.15) is 0 Å². The number of methoxy groups -OCH3 is 1. The maximum atomic E-state index is 5.55. The molecule has 2 rings (SSSR count). The van der Waals surface area contributed by atoms with E-state index in [-0.39, 0.29) is 5.54 Å². The molecule has 0 aromatic heterocycles. The first-order valence-corrected chi connectivity index (χ1v) is 6.22. The Bertz CT molecular complexity index is 342. The van der Waals surface area contributed by atoms with Crippen LogP contribution in [-0.2, 0) is 10.3 Å². The predicted molar refractivity (Wildman–Crippen MR) is 68.4 cm³/mol. The van der Waals surface area contributed by atoms with Crippen LogP contribution in [0.2, 0.25) is 0 Å². The Balaban J connectivity index is 1.97. The molecule has 1 aromatic carbocycles. The van der Waals surface area contributed by atoms with E-state index in [1.54, 1.807) is 7.11 Å². The molecule has 1 atom stereocenters. The van der Waals surface area contributed by atoms with Crippen molar-refractivity contribution in [3.8, 4) is 5.75 Å². The quantitative estimate of drug-likeness (QED) is 0.794. The molecule has 0 spiro atoms. The molecule has 1 N–H and O–H groups in total. The van der Waals surface area contributed by atoms with Crippen LogP contribution in [-0.4, -0.2) is 26.9 Å². The Hall–Kier alpha value is -1.06. The van der Waals surface area contributed by atoms with Gasteiger partial charge in [-0.1, -0.05) is 12.1 Å². The summed E-state index contributed by atoms with van der Waals surface area (Å²) in [4.78, 5) is 0. The minimum atomic E-state index is 0.144. The molecule has 0 radical (unpaired) electrons. The third kappa shape index (κ3) is 2.99. The van der Waals surface area contributed by atoms with E-state index in [1.807, 2.05) is 12.1 Å². The second kappa shape index (κ2) is 5.52. The average molecular weight is 235 g/mol. The molecule has 0 bridgehead atoms. The lowest BCUT2D eigenvalue weighted by Gasteiger charge is -2.25. The van der Waals surface area contributed by atoms with Gasteiger partial charge in [0.15, 0.2) is 0 Å². The molecule has 0 amide bonds. The van der Waals surface area contributed by atoms with Crippen molar-refractivity contribution in [1.82, 2.24) is 5.32 Å². The highest BCUT2D eigenvalue weighted by Gasteiger charge is 2.29. The van der Waals surface area contributed by atoms with Crippen LogP contribution < -0.4 is 10.1 Å². The Morgan fingerprint density at radius 1 is 1.24 bits per heavy atom. The molecule has 3 nitrogen and oxygen atoms in total. The summed E-state index contributed by atoms with van der Waals surface area (Å²) >= 11 is 0. The van der Waals surface area contributed by atoms with Gasteiger partial charge in [0, 0.05) is 12.6 Å². The Labute approximate surface area is 103 Å². The zero-order valence-corrected chi connectivity index (χ0v) is 10.7. The van der Waals surface area contributed by atoms with Crippen molar-refractivity contribution in [1.29, 1.82) is 0 Å². The van der Waals surface area contributed by atoms with E-state index in [1.165, 1.54) is 18.4 Å². The molecule has 1 heterocycles. The third-order valence-corrected chi connectivity index (χ3v) is 3.42. The van der Waals surface area contributed by atoms with Gasteiger partial charge in [-0.25, -0.2) is 0 Å². The van der Waals surface area contributed by atoms with E-state index in [0.29, 0.717) is 13.2 Å². The zero-order chi connectivity index (χ0) is 12.1. The van der Waals surface area contributed by atoms with Crippen LogP contribution in [0.25, 0.3) is 0 Å². The summed E-state index contributed by atoms with van der Waals surface area (Å²) in [6.07, 6.45) is 2.46. The molecule has 94 valence electrons. The zero-order valence-electron chi connectivity index (χ0n) is 10.7. The van der Waals surface area contributed by atoms with Crippen molar-refractivity contribution in [2.45, 2.75) is 25.3 Å². The normalized spacial score (nSPS) is 23.9. The molecule has 1 saturated heterocycles. The van der Waals surface area contributed by atoms with Gasteiger partial charge in [0.25, 0.3) is 0 Å². The maximum absolute atomic E-state index is 5.55. The minimum Gasteiger partial charge on any atom is -0.491 e. The molecule has 1 fully saturated rings. The second-order valence-corrected chi connectivity index (χ2v) is 4.73. The predicted octanol–water partition coefficient (Wildman–Crippen LogP) is 2.31. The van der Waals surface area contributed by atoms with Crippen molar-refractivity contribution in [3.05, 3.63) is 29.8 Å². The molecular formula is C14H21NO2. The first-order valence-electron chi connectivity index (χ1n) is 6.22. The van der Waals surface area contributed by atoms with Crippen molar-refractivity contribution >= 4 is 0 Å². The van der Waals surface area contributed by atoms with E-state index in [2.05, 4.69) is 24.4 Å². The third-order valence-electron chi connectivity index (χ3n) is 3.42. The second-order valence-electron chi connectivity index (χ2n) is 4.73. The molecule has 1 aliphatic heterocycles. The highest BCUT2D eigenvalue weighted by atomic mass is 16.5. The fraction of sp³-hybridized carbons (Fsp3) is 0.571. The van der Waals surface area contributed by atoms with Gasteiger partial charge in [0.05, 0.1) is 6.61 Å². The topological polar surface area (TPSA) is 30.5 Å². The highest BCUT2D eigenvalue weighted by Crippen LogP contribution is 2.31. The summed E-state index contributed by atoms with van der Waals surface area (Å²) in [7, 11) is 1.68. The summed E-state index contributed by atoms with van der Waals surface area (Å²) in [5.41, 5.74) is 1.49. The van der Waals surface area contributed by atoms with Gasteiger partial charge < -0.3 is 14.8 Å². The van der Waals surface area contributed by atoms with E-state index in [4.69, 9.17) is 9.47 Å². The van der Waals surface area contributed by atoms with E-state index < -0.39 is 0 Å². The summed E-state index contributed by atoms with van der Waals surface area (Å²) in [6.45, 7) is 4.61. The van der Waals surface area contributed by atoms with Crippen LogP contribution in [0.4, 0.5) is 0 Å². The SMILES string of the molecule is COCCOc1ccc(C2(C)CCCN2)cc1. The maximum Gasteiger partial charge on any atom is 0.119 e. The lowest BCUT2D eigenvalue weighted by atomic mass is 9.91. The molecule has 0 aliphatic carbocycles. The van der Waals surface area contributed by atoms with Crippen molar-refractivity contribution in [2.24, 2.45) is 0 Å².